The summed E-state index contributed by atoms with van der Waals surface area (Å²) in [6.07, 6.45) is 2.70. The van der Waals surface area contributed by atoms with E-state index in [1.165, 1.54) is 0 Å². The van der Waals surface area contributed by atoms with Gasteiger partial charge in [0.2, 0.25) is 0 Å². The highest BCUT2D eigenvalue weighted by Crippen LogP contribution is 2.22. The minimum Gasteiger partial charge on any atom is -0.376 e. The van der Waals surface area contributed by atoms with Gasteiger partial charge in [-0.15, -0.1) is 0 Å². The molecular formula is C18H18N4O2. The van der Waals surface area contributed by atoms with Crippen LogP contribution in [0.5, 0.6) is 0 Å². The molecule has 0 aliphatic carbocycles. The summed E-state index contributed by atoms with van der Waals surface area (Å²) < 4.78 is 7.38. The van der Waals surface area contributed by atoms with Gasteiger partial charge in [0.15, 0.2) is 5.82 Å². The standard InChI is InChI=1S/C18H18N4O2/c23-18(19-17-14-12-24-10-8-15(14)20-21-17)16-7-4-9-22(16)11-13-5-2-1-3-6-13/h1-7,9H,8,10-12H2,(H2,19,20,21,23). The van der Waals surface area contributed by atoms with E-state index >= 15 is 0 Å². The number of amides is 1. The average Bonchev–Trinajstić information content (AvgIpc) is 3.23. The lowest BCUT2D eigenvalue weighted by Gasteiger charge is -2.13. The molecule has 2 N–H and O–H groups in total. The maximum atomic E-state index is 12.6. The Bertz CT molecular complexity index is 851. The summed E-state index contributed by atoms with van der Waals surface area (Å²) in [5, 5.41) is 10.1. The molecule has 6 heteroatoms. The Labute approximate surface area is 139 Å². The van der Waals surface area contributed by atoms with Gasteiger partial charge in [0.05, 0.1) is 13.2 Å². The average molecular weight is 322 g/mol. The summed E-state index contributed by atoms with van der Waals surface area (Å²) >= 11 is 0. The number of nitrogens with zero attached hydrogens (tertiary/aromatic N) is 2. The van der Waals surface area contributed by atoms with Crippen LogP contribution >= 0.6 is 0 Å². The summed E-state index contributed by atoms with van der Waals surface area (Å²) in [6, 6.07) is 13.7. The number of hydrogen-bond donors (Lipinski definition) is 2. The Morgan fingerprint density at radius 1 is 1.25 bits per heavy atom. The molecule has 0 atom stereocenters. The first-order chi connectivity index (χ1) is 11.8. The fourth-order valence-electron chi connectivity index (χ4n) is 2.93. The van der Waals surface area contributed by atoms with Crippen LogP contribution < -0.4 is 5.32 Å². The maximum Gasteiger partial charge on any atom is 0.273 e. The van der Waals surface area contributed by atoms with Gasteiger partial charge < -0.3 is 14.6 Å². The van der Waals surface area contributed by atoms with Crippen LogP contribution in [-0.2, 0) is 24.3 Å². The first-order valence-corrected chi connectivity index (χ1v) is 7.95. The van der Waals surface area contributed by atoms with Gasteiger partial charge in [-0.1, -0.05) is 30.3 Å². The van der Waals surface area contributed by atoms with E-state index in [-0.39, 0.29) is 5.91 Å². The third kappa shape index (κ3) is 2.83. The number of aromatic amines is 1. The van der Waals surface area contributed by atoms with Crippen molar-refractivity contribution in [1.29, 1.82) is 0 Å². The number of fused-ring (bicyclic) bond motifs is 1. The summed E-state index contributed by atoms with van der Waals surface area (Å²) in [7, 11) is 0. The number of nitrogens with one attached hydrogen (secondary N) is 2. The van der Waals surface area contributed by atoms with Crippen LogP contribution in [0.25, 0.3) is 0 Å². The fraction of sp³-hybridized carbons (Fsp3) is 0.222. The zero-order valence-corrected chi connectivity index (χ0v) is 13.2. The Morgan fingerprint density at radius 2 is 2.12 bits per heavy atom. The largest absolute Gasteiger partial charge is 0.376 e. The predicted octanol–water partition coefficient (Wildman–Crippen LogP) is 2.58. The molecule has 3 aromatic rings. The first-order valence-electron chi connectivity index (χ1n) is 7.95. The lowest BCUT2D eigenvalue weighted by Crippen LogP contribution is -2.19. The normalized spacial score (nSPS) is 13.5. The lowest BCUT2D eigenvalue weighted by molar-refractivity contribution is 0.101. The minimum absolute atomic E-state index is 0.171. The van der Waals surface area contributed by atoms with Crippen molar-refractivity contribution in [2.24, 2.45) is 0 Å². The summed E-state index contributed by atoms with van der Waals surface area (Å²) in [6.45, 7) is 1.81. The molecule has 0 unspecified atom stereocenters. The van der Waals surface area contributed by atoms with Gasteiger partial charge in [-0.25, -0.2) is 0 Å². The Balaban J connectivity index is 1.53. The van der Waals surface area contributed by atoms with E-state index < -0.39 is 0 Å². The summed E-state index contributed by atoms with van der Waals surface area (Å²) in [4.78, 5) is 12.6. The monoisotopic (exact) mass is 322 g/mol. The Hall–Kier alpha value is -2.86. The van der Waals surface area contributed by atoms with Crippen molar-refractivity contribution >= 4 is 11.7 Å². The van der Waals surface area contributed by atoms with Crippen molar-refractivity contribution in [2.45, 2.75) is 19.6 Å². The minimum atomic E-state index is -0.171. The zero-order chi connectivity index (χ0) is 16.4. The number of ether oxygens (including phenoxy) is 1. The molecule has 0 bridgehead atoms. The second-order valence-electron chi connectivity index (χ2n) is 5.79. The molecule has 24 heavy (non-hydrogen) atoms. The first kappa shape index (κ1) is 14.7. The van der Waals surface area contributed by atoms with E-state index in [1.807, 2.05) is 53.2 Å². The highest BCUT2D eigenvalue weighted by molar-refractivity contribution is 6.03. The van der Waals surface area contributed by atoms with Crippen LogP contribution in [0.3, 0.4) is 0 Å². The molecule has 1 aromatic carbocycles. The SMILES string of the molecule is O=C(Nc1n[nH]c2c1COCC2)c1cccn1Cc1ccccc1. The number of carbonyl (C=O) groups excluding carboxylic acids is 1. The second-order valence-corrected chi connectivity index (χ2v) is 5.79. The number of H-pyrrole nitrogens is 1. The number of rotatable bonds is 4. The van der Waals surface area contributed by atoms with Gasteiger partial charge in [0.1, 0.15) is 5.69 Å². The van der Waals surface area contributed by atoms with Gasteiger partial charge in [0.25, 0.3) is 5.91 Å². The van der Waals surface area contributed by atoms with Gasteiger partial charge in [0, 0.05) is 30.4 Å². The van der Waals surface area contributed by atoms with Crippen molar-refractivity contribution in [1.82, 2.24) is 14.8 Å². The molecule has 0 saturated carbocycles. The second kappa shape index (κ2) is 6.33. The third-order valence-corrected chi connectivity index (χ3v) is 4.19. The van der Waals surface area contributed by atoms with Crippen molar-refractivity contribution in [2.75, 3.05) is 11.9 Å². The molecule has 6 nitrogen and oxygen atoms in total. The van der Waals surface area contributed by atoms with Crippen molar-refractivity contribution in [3.8, 4) is 0 Å². The van der Waals surface area contributed by atoms with Crippen LogP contribution in [0.4, 0.5) is 5.82 Å². The maximum absolute atomic E-state index is 12.6. The lowest BCUT2D eigenvalue weighted by atomic mass is 10.1. The fourth-order valence-corrected chi connectivity index (χ4v) is 2.93. The zero-order valence-electron chi connectivity index (χ0n) is 13.2. The van der Waals surface area contributed by atoms with Crippen LogP contribution in [0.15, 0.2) is 48.7 Å². The highest BCUT2D eigenvalue weighted by Gasteiger charge is 2.20. The Kier molecular flexibility index (Phi) is 3.88. The predicted molar refractivity (Wildman–Crippen MR) is 89.9 cm³/mol. The molecule has 1 amide bonds. The van der Waals surface area contributed by atoms with Crippen LogP contribution in [-0.4, -0.2) is 27.3 Å². The number of aromatic nitrogens is 3. The molecule has 0 radical (unpaired) electrons. The van der Waals surface area contributed by atoms with E-state index in [0.29, 0.717) is 31.3 Å². The Morgan fingerprint density at radius 3 is 3.00 bits per heavy atom. The molecule has 1 aliphatic rings. The molecule has 0 saturated heterocycles. The number of benzene rings is 1. The highest BCUT2D eigenvalue weighted by atomic mass is 16.5. The van der Waals surface area contributed by atoms with Crippen molar-refractivity contribution in [3.63, 3.8) is 0 Å². The van der Waals surface area contributed by atoms with E-state index in [0.717, 1.165) is 23.2 Å². The molecule has 4 rings (SSSR count). The van der Waals surface area contributed by atoms with Gasteiger partial charge in [-0.3, -0.25) is 9.89 Å². The van der Waals surface area contributed by atoms with Crippen LogP contribution in [0, 0.1) is 0 Å². The van der Waals surface area contributed by atoms with Gasteiger partial charge in [-0.05, 0) is 17.7 Å². The van der Waals surface area contributed by atoms with E-state index in [2.05, 4.69) is 15.5 Å². The topological polar surface area (TPSA) is 71.9 Å². The summed E-state index contributed by atoms with van der Waals surface area (Å²) in [5.74, 6) is 0.387. The van der Waals surface area contributed by atoms with Crippen LogP contribution in [0.2, 0.25) is 0 Å². The third-order valence-electron chi connectivity index (χ3n) is 4.19. The molecule has 1 aliphatic heterocycles. The van der Waals surface area contributed by atoms with E-state index in [1.54, 1.807) is 0 Å². The molecular weight excluding hydrogens is 304 g/mol. The quantitative estimate of drug-likeness (QED) is 0.775. The van der Waals surface area contributed by atoms with Gasteiger partial charge >= 0.3 is 0 Å². The molecule has 0 spiro atoms. The summed E-state index contributed by atoms with van der Waals surface area (Å²) in [5.41, 5.74) is 3.73. The van der Waals surface area contributed by atoms with Crippen LogP contribution in [0.1, 0.15) is 27.3 Å². The number of hydrogen-bond acceptors (Lipinski definition) is 3. The molecule has 2 aromatic heterocycles. The molecule has 122 valence electrons. The number of carbonyl (C=O) groups is 1. The molecule has 0 fully saturated rings. The van der Waals surface area contributed by atoms with E-state index in [4.69, 9.17) is 4.74 Å². The van der Waals surface area contributed by atoms with Gasteiger partial charge in [-0.2, -0.15) is 5.10 Å². The van der Waals surface area contributed by atoms with Crippen molar-refractivity contribution < 1.29 is 9.53 Å². The van der Waals surface area contributed by atoms with Crippen molar-refractivity contribution in [3.05, 3.63) is 71.2 Å². The van der Waals surface area contributed by atoms with E-state index in [9.17, 15) is 4.79 Å². The molecule has 3 heterocycles. The number of anilines is 1. The smallest absolute Gasteiger partial charge is 0.273 e.